The van der Waals surface area contributed by atoms with E-state index in [0.29, 0.717) is 0 Å². The van der Waals surface area contributed by atoms with E-state index in [1.54, 1.807) is 6.92 Å². The Balaban J connectivity index is 0.000000181. The Morgan fingerprint density at radius 3 is 1.80 bits per heavy atom. The van der Waals surface area contributed by atoms with Crippen LogP contribution in [0.15, 0.2) is 171 Å². The second kappa shape index (κ2) is 16.6. The second-order valence-electron chi connectivity index (χ2n) is 11.8. The number of benzene rings is 7. The highest BCUT2D eigenvalue weighted by Crippen LogP contribution is 2.42. The zero-order chi connectivity index (χ0) is 34.6. The monoisotopic (exact) mass is 637 g/mol. The van der Waals surface area contributed by atoms with E-state index in [1.165, 1.54) is 50.2 Å². The molecule has 0 bridgehead atoms. The normalized spacial score (nSPS) is 11.9. The average Bonchev–Trinajstić information content (AvgIpc) is 3.13. The standard InChI is InChI=1S/C27H21N.C10H9N.C7H8.C2H5N/c1-19-11-14-23(15-12-19)28-18-17-22-8-3-5-9-24(22)20(2)27-25-10-6-4-7-21(25)13-16-26(27)28;11-10-7-3-5-8-4-1-2-6-9(8)10;1-7-5-3-2-4-6-7;1-2-3/h3-18H,2H2,1H3;1-7H,11H2;2-6H,1H3;2-3H,1H3/b18-17-;;;. The van der Waals surface area contributed by atoms with E-state index in [9.17, 15) is 0 Å². The van der Waals surface area contributed by atoms with E-state index >= 15 is 0 Å². The lowest BCUT2D eigenvalue weighted by Gasteiger charge is -2.28. The van der Waals surface area contributed by atoms with Crippen LogP contribution < -0.4 is 10.6 Å². The zero-order valence-electron chi connectivity index (χ0n) is 28.5. The number of nitrogens with two attached hydrogens (primary N) is 1. The maximum atomic E-state index is 6.08. The van der Waals surface area contributed by atoms with Crippen LogP contribution in [-0.4, -0.2) is 6.21 Å². The van der Waals surface area contributed by atoms with Crippen LogP contribution in [0.25, 0.3) is 33.2 Å². The summed E-state index contributed by atoms with van der Waals surface area (Å²) in [5, 5.41) is 10.9. The van der Waals surface area contributed by atoms with Crippen molar-refractivity contribution in [3.8, 4) is 0 Å². The minimum absolute atomic E-state index is 0.850. The number of fused-ring (bicyclic) bond motifs is 5. The summed E-state index contributed by atoms with van der Waals surface area (Å²) in [5.74, 6) is 0. The largest absolute Gasteiger partial charge is 0.398 e. The van der Waals surface area contributed by atoms with Crippen molar-refractivity contribution in [2.24, 2.45) is 0 Å². The van der Waals surface area contributed by atoms with Crippen molar-refractivity contribution in [2.45, 2.75) is 20.8 Å². The summed E-state index contributed by atoms with van der Waals surface area (Å²) < 4.78 is 0. The molecule has 49 heavy (non-hydrogen) atoms. The number of nitrogens with zero attached hydrogens (tertiary/aromatic N) is 1. The molecule has 0 saturated heterocycles. The Labute approximate surface area is 290 Å². The van der Waals surface area contributed by atoms with Gasteiger partial charge in [0.1, 0.15) is 0 Å². The van der Waals surface area contributed by atoms with E-state index in [2.05, 4.69) is 147 Å². The van der Waals surface area contributed by atoms with Crippen molar-refractivity contribution >= 4 is 56.5 Å². The molecule has 7 aromatic rings. The van der Waals surface area contributed by atoms with Gasteiger partial charge in [0, 0.05) is 28.5 Å². The Morgan fingerprint density at radius 2 is 1.14 bits per heavy atom. The summed E-state index contributed by atoms with van der Waals surface area (Å²) in [7, 11) is 0. The molecular weight excluding hydrogens is 595 g/mol. The SMILES string of the molecule is C=C1c2ccccc2/C=C\N(c2ccc(C)cc2)c2ccc3ccccc3c21.CC=N.Cc1ccccc1.Nc1cccc2ccccc12. The average molecular weight is 638 g/mol. The summed E-state index contributed by atoms with van der Waals surface area (Å²) in [6.07, 6.45) is 5.60. The first-order valence-electron chi connectivity index (χ1n) is 16.5. The van der Waals surface area contributed by atoms with Crippen molar-refractivity contribution in [2.75, 3.05) is 10.6 Å². The fourth-order valence-electron chi connectivity index (χ4n) is 5.78. The van der Waals surface area contributed by atoms with Crippen molar-refractivity contribution in [1.29, 1.82) is 5.41 Å². The highest BCUT2D eigenvalue weighted by atomic mass is 15.1. The third kappa shape index (κ3) is 8.40. The molecule has 0 aliphatic carbocycles. The Kier molecular flexibility index (Phi) is 11.6. The number of nitrogens with one attached hydrogen (secondary N) is 1. The van der Waals surface area contributed by atoms with Crippen LogP contribution in [-0.2, 0) is 0 Å². The molecule has 0 spiro atoms. The van der Waals surface area contributed by atoms with Crippen LogP contribution in [0.2, 0.25) is 0 Å². The van der Waals surface area contributed by atoms with Gasteiger partial charge in [0.2, 0.25) is 0 Å². The highest BCUT2D eigenvalue weighted by molar-refractivity contribution is 6.05. The predicted octanol–water partition coefficient (Wildman–Crippen LogP) is 12.4. The third-order valence-electron chi connectivity index (χ3n) is 8.23. The lowest BCUT2D eigenvalue weighted by atomic mass is 9.89. The van der Waals surface area contributed by atoms with Crippen molar-refractivity contribution in [3.05, 3.63) is 198 Å². The van der Waals surface area contributed by atoms with Gasteiger partial charge in [-0.2, -0.15) is 0 Å². The molecule has 0 aromatic heterocycles. The zero-order valence-corrected chi connectivity index (χ0v) is 28.5. The minimum Gasteiger partial charge on any atom is -0.398 e. The first-order chi connectivity index (χ1) is 23.9. The van der Waals surface area contributed by atoms with E-state index in [-0.39, 0.29) is 0 Å². The molecule has 3 heteroatoms. The molecule has 1 heterocycles. The highest BCUT2D eigenvalue weighted by Gasteiger charge is 2.20. The molecule has 0 unspecified atom stereocenters. The molecule has 0 saturated carbocycles. The fourth-order valence-corrected chi connectivity index (χ4v) is 5.78. The summed E-state index contributed by atoms with van der Waals surface area (Å²) in [6.45, 7) is 10.4. The molecule has 0 fully saturated rings. The first-order valence-corrected chi connectivity index (χ1v) is 16.5. The van der Waals surface area contributed by atoms with Crippen LogP contribution in [0, 0.1) is 19.3 Å². The van der Waals surface area contributed by atoms with Crippen LogP contribution in [0.5, 0.6) is 0 Å². The van der Waals surface area contributed by atoms with Crippen molar-refractivity contribution in [3.63, 3.8) is 0 Å². The van der Waals surface area contributed by atoms with Gasteiger partial charge in [0.05, 0.1) is 5.69 Å². The molecule has 242 valence electrons. The smallest absolute Gasteiger partial charge is 0.0540 e. The molecule has 3 nitrogen and oxygen atoms in total. The van der Waals surface area contributed by atoms with Gasteiger partial charge in [-0.25, -0.2) is 0 Å². The number of nitrogen functional groups attached to an aromatic ring is 1. The Bertz CT molecular complexity index is 2190. The third-order valence-corrected chi connectivity index (χ3v) is 8.23. The van der Waals surface area contributed by atoms with Gasteiger partial charge in [0.15, 0.2) is 0 Å². The summed E-state index contributed by atoms with van der Waals surface area (Å²) in [5.41, 5.74) is 16.1. The Morgan fingerprint density at radius 1 is 0.592 bits per heavy atom. The van der Waals surface area contributed by atoms with Gasteiger partial charge in [-0.05, 0) is 90.2 Å². The van der Waals surface area contributed by atoms with Gasteiger partial charge in [-0.15, -0.1) is 0 Å². The van der Waals surface area contributed by atoms with Gasteiger partial charge < -0.3 is 16.0 Å². The summed E-state index contributed by atoms with van der Waals surface area (Å²) in [4.78, 5) is 2.27. The molecular formula is C46H43N3. The van der Waals surface area contributed by atoms with Crippen LogP contribution >= 0.6 is 0 Å². The number of hydrogen-bond donors (Lipinski definition) is 2. The van der Waals surface area contributed by atoms with Gasteiger partial charge in [-0.3, -0.25) is 0 Å². The number of rotatable bonds is 1. The van der Waals surface area contributed by atoms with E-state index in [0.717, 1.165) is 28.0 Å². The summed E-state index contributed by atoms with van der Waals surface area (Å²) >= 11 is 0. The maximum Gasteiger partial charge on any atom is 0.0540 e. The molecule has 3 N–H and O–H groups in total. The van der Waals surface area contributed by atoms with Crippen molar-refractivity contribution < 1.29 is 0 Å². The predicted molar refractivity (Wildman–Crippen MR) is 215 cm³/mol. The van der Waals surface area contributed by atoms with E-state index < -0.39 is 0 Å². The minimum atomic E-state index is 0.850. The van der Waals surface area contributed by atoms with Crippen LogP contribution in [0.4, 0.5) is 17.1 Å². The van der Waals surface area contributed by atoms with Crippen LogP contribution in [0.1, 0.15) is 34.7 Å². The fraction of sp³-hybridized carbons (Fsp3) is 0.0652. The van der Waals surface area contributed by atoms with Gasteiger partial charge in [0.25, 0.3) is 0 Å². The molecule has 8 rings (SSSR count). The summed E-state index contributed by atoms with van der Waals surface area (Å²) in [6, 6.07) is 54.4. The van der Waals surface area contributed by atoms with Crippen LogP contribution in [0.3, 0.4) is 0 Å². The van der Waals surface area contributed by atoms with E-state index in [4.69, 9.17) is 11.1 Å². The molecule has 0 amide bonds. The Hall–Kier alpha value is -6.19. The van der Waals surface area contributed by atoms with Gasteiger partial charge >= 0.3 is 0 Å². The number of hydrogen-bond acceptors (Lipinski definition) is 3. The number of anilines is 3. The molecule has 0 atom stereocenters. The first kappa shape index (κ1) is 34.2. The van der Waals surface area contributed by atoms with Gasteiger partial charge in [-0.1, -0.05) is 151 Å². The molecule has 7 aromatic carbocycles. The topological polar surface area (TPSA) is 53.1 Å². The lowest BCUT2D eigenvalue weighted by molar-refractivity contribution is 1.27. The second-order valence-corrected chi connectivity index (χ2v) is 11.8. The quantitative estimate of drug-likeness (QED) is 0.139. The van der Waals surface area contributed by atoms with E-state index in [1.807, 2.05) is 48.5 Å². The lowest BCUT2D eigenvalue weighted by Crippen LogP contribution is -2.13. The molecule has 1 aliphatic heterocycles. The van der Waals surface area contributed by atoms with Crippen molar-refractivity contribution in [1.82, 2.24) is 0 Å². The molecule has 1 aliphatic rings. The molecule has 0 radical (unpaired) electrons. The number of aryl methyl sites for hydroxylation is 2. The maximum absolute atomic E-state index is 6.08.